The van der Waals surface area contributed by atoms with Crippen LogP contribution in [0.15, 0.2) is 0 Å². The van der Waals surface area contributed by atoms with Crippen molar-refractivity contribution < 1.29 is 0 Å². The van der Waals surface area contributed by atoms with Gasteiger partial charge in [-0.3, -0.25) is 0 Å². The Balaban J connectivity index is 3.05. The summed E-state index contributed by atoms with van der Waals surface area (Å²) in [6.07, 6.45) is 15.4. The van der Waals surface area contributed by atoms with Crippen molar-refractivity contribution in [3.63, 3.8) is 0 Å². The minimum atomic E-state index is 0.724. The molecule has 0 bridgehead atoms. The van der Waals surface area contributed by atoms with E-state index in [1.54, 1.807) is 0 Å². The fraction of sp³-hybridized carbons (Fsp3) is 1.00. The monoisotopic (exact) mass is 241 g/mol. The molecule has 0 fully saturated rings. The van der Waals surface area contributed by atoms with Gasteiger partial charge in [-0.2, -0.15) is 0 Å². The molecule has 0 aromatic carbocycles. The van der Waals surface area contributed by atoms with Gasteiger partial charge in [0.15, 0.2) is 0 Å². The zero-order chi connectivity index (χ0) is 12.8. The fourth-order valence-electron chi connectivity index (χ4n) is 2.21. The van der Waals surface area contributed by atoms with Gasteiger partial charge < -0.3 is 5.32 Å². The number of hydrogen-bond donors (Lipinski definition) is 1. The summed E-state index contributed by atoms with van der Waals surface area (Å²) >= 11 is 0. The molecule has 0 amide bonds. The first kappa shape index (κ1) is 17.0. The first-order valence-corrected chi connectivity index (χ1v) is 8.04. The van der Waals surface area contributed by atoms with E-state index in [1.807, 2.05) is 0 Å². The number of hydrogen-bond acceptors (Lipinski definition) is 1. The van der Waals surface area contributed by atoms with Gasteiger partial charge in [-0.05, 0) is 26.3 Å². The molecule has 0 heterocycles. The molecule has 0 aromatic rings. The highest BCUT2D eigenvalue weighted by molar-refractivity contribution is 4.60. The minimum Gasteiger partial charge on any atom is -0.314 e. The van der Waals surface area contributed by atoms with E-state index in [1.165, 1.54) is 77.2 Å². The van der Waals surface area contributed by atoms with E-state index in [0.717, 1.165) is 6.04 Å². The highest BCUT2D eigenvalue weighted by Gasteiger charge is 1.99. The Morgan fingerprint density at radius 1 is 0.706 bits per heavy atom. The van der Waals surface area contributed by atoms with Gasteiger partial charge in [-0.25, -0.2) is 0 Å². The van der Waals surface area contributed by atoms with Crippen molar-refractivity contribution in [3.8, 4) is 0 Å². The van der Waals surface area contributed by atoms with Crippen molar-refractivity contribution in [2.75, 3.05) is 6.54 Å². The van der Waals surface area contributed by atoms with E-state index in [9.17, 15) is 0 Å². The third kappa shape index (κ3) is 13.9. The standard InChI is InChI=1S/C16H35N/c1-4-6-8-9-10-11-12-13-14-16(3)17-15-7-5-2/h16-17H,4-15H2,1-3H3. The zero-order valence-corrected chi connectivity index (χ0v) is 12.6. The second-order valence-corrected chi connectivity index (χ2v) is 5.47. The molecule has 0 rings (SSSR count). The van der Waals surface area contributed by atoms with Gasteiger partial charge >= 0.3 is 0 Å². The Bertz CT molecular complexity index is 133. The predicted molar refractivity (Wildman–Crippen MR) is 79.6 cm³/mol. The van der Waals surface area contributed by atoms with E-state index in [0.29, 0.717) is 0 Å². The van der Waals surface area contributed by atoms with Gasteiger partial charge in [0.2, 0.25) is 0 Å². The summed E-state index contributed by atoms with van der Waals surface area (Å²) in [6, 6.07) is 0.724. The number of nitrogens with one attached hydrogen (secondary N) is 1. The van der Waals surface area contributed by atoms with E-state index in [4.69, 9.17) is 0 Å². The van der Waals surface area contributed by atoms with E-state index < -0.39 is 0 Å². The maximum absolute atomic E-state index is 3.60. The largest absolute Gasteiger partial charge is 0.314 e. The molecule has 0 aliphatic heterocycles. The van der Waals surface area contributed by atoms with Gasteiger partial charge in [0.25, 0.3) is 0 Å². The summed E-state index contributed by atoms with van der Waals surface area (Å²) in [5.41, 5.74) is 0. The molecule has 17 heavy (non-hydrogen) atoms. The van der Waals surface area contributed by atoms with Crippen LogP contribution in [0.25, 0.3) is 0 Å². The smallest absolute Gasteiger partial charge is 0.00387 e. The first-order valence-electron chi connectivity index (χ1n) is 8.04. The fourth-order valence-corrected chi connectivity index (χ4v) is 2.21. The van der Waals surface area contributed by atoms with Crippen LogP contribution >= 0.6 is 0 Å². The van der Waals surface area contributed by atoms with Crippen molar-refractivity contribution in [1.29, 1.82) is 0 Å². The topological polar surface area (TPSA) is 12.0 Å². The first-order chi connectivity index (χ1) is 8.31. The molecule has 0 saturated carbocycles. The Labute approximate surface area is 110 Å². The molecule has 1 heteroatoms. The normalized spacial score (nSPS) is 12.9. The maximum Gasteiger partial charge on any atom is 0.00387 e. The van der Waals surface area contributed by atoms with Crippen LogP contribution in [0.3, 0.4) is 0 Å². The summed E-state index contributed by atoms with van der Waals surface area (Å²) in [5, 5.41) is 3.60. The SMILES string of the molecule is CCCCCCCCCCC(C)NCCCC. The van der Waals surface area contributed by atoms with Gasteiger partial charge in [-0.1, -0.05) is 71.6 Å². The molecule has 0 aliphatic carbocycles. The van der Waals surface area contributed by atoms with Crippen molar-refractivity contribution in [3.05, 3.63) is 0 Å². The lowest BCUT2D eigenvalue weighted by atomic mass is 10.1. The molecule has 0 aliphatic rings. The molecular formula is C16H35N. The lowest BCUT2D eigenvalue weighted by molar-refractivity contribution is 0.471. The lowest BCUT2D eigenvalue weighted by Crippen LogP contribution is -2.26. The molecule has 1 N–H and O–H groups in total. The molecule has 1 atom stereocenters. The molecule has 104 valence electrons. The van der Waals surface area contributed by atoms with Gasteiger partial charge in [-0.15, -0.1) is 0 Å². The zero-order valence-electron chi connectivity index (χ0n) is 12.6. The quantitative estimate of drug-likeness (QED) is 0.432. The second-order valence-electron chi connectivity index (χ2n) is 5.47. The highest BCUT2D eigenvalue weighted by Crippen LogP contribution is 2.10. The molecule has 0 aromatic heterocycles. The van der Waals surface area contributed by atoms with Gasteiger partial charge in [0.1, 0.15) is 0 Å². The van der Waals surface area contributed by atoms with Crippen molar-refractivity contribution in [2.45, 2.75) is 97.4 Å². The summed E-state index contributed by atoms with van der Waals surface area (Å²) in [4.78, 5) is 0. The van der Waals surface area contributed by atoms with Crippen LogP contribution in [-0.4, -0.2) is 12.6 Å². The molecule has 0 radical (unpaired) electrons. The minimum absolute atomic E-state index is 0.724. The Kier molecular flexibility index (Phi) is 14.0. The van der Waals surface area contributed by atoms with Crippen molar-refractivity contribution in [2.24, 2.45) is 0 Å². The van der Waals surface area contributed by atoms with Crippen LogP contribution in [0.5, 0.6) is 0 Å². The van der Waals surface area contributed by atoms with E-state index in [2.05, 4.69) is 26.1 Å². The van der Waals surface area contributed by atoms with E-state index in [-0.39, 0.29) is 0 Å². The third-order valence-corrected chi connectivity index (χ3v) is 3.51. The number of rotatable bonds is 13. The van der Waals surface area contributed by atoms with Crippen LogP contribution < -0.4 is 5.32 Å². The Morgan fingerprint density at radius 2 is 1.24 bits per heavy atom. The van der Waals surface area contributed by atoms with Crippen molar-refractivity contribution in [1.82, 2.24) is 5.32 Å². The van der Waals surface area contributed by atoms with Crippen molar-refractivity contribution >= 4 is 0 Å². The predicted octanol–water partition coefficient (Wildman–Crippen LogP) is 5.30. The summed E-state index contributed by atoms with van der Waals surface area (Å²) in [7, 11) is 0. The van der Waals surface area contributed by atoms with Gasteiger partial charge in [0.05, 0.1) is 0 Å². The van der Waals surface area contributed by atoms with E-state index >= 15 is 0 Å². The van der Waals surface area contributed by atoms with Crippen LogP contribution in [0.2, 0.25) is 0 Å². The number of unbranched alkanes of at least 4 members (excludes halogenated alkanes) is 8. The summed E-state index contributed by atoms with van der Waals surface area (Å²) in [5.74, 6) is 0. The molecule has 1 nitrogen and oxygen atoms in total. The lowest BCUT2D eigenvalue weighted by Gasteiger charge is -2.13. The average molecular weight is 241 g/mol. The van der Waals surface area contributed by atoms with Crippen LogP contribution in [0, 0.1) is 0 Å². The Morgan fingerprint density at radius 3 is 1.82 bits per heavy atom. The average Bonchev–Trinajstić information content (AvgIpc) is 2.33. The third-order valence-electron chi connectivity index (χ3n) is 3.51. The molecular weight excluding hydrogens is 206 g/mol. The Hall–Kier alpha value is -0.0400. The molecule has 1 unspecified atom stereocenters. The van der Waals surface area contributed by atoms with Crippen LogP contribution in [0.4, 0.5) is 0 Å². The van der Waals surface area contributed by atoms with Gasteiger partial charge in [0, 0.05) is 6.04 Å². The molecule has 0 spiro atoms. The maximum atomic E-state index is 3.60. The van der Waals surface area contributed by atoms with Crippen LogP contribution in [0.1, 0.15) is 91.4 Å². The second kappa shape index (κ2) is 14.0. The highest BCUT2D eigenvalue weighted by atomic mass is 14.9. The van der Waals surface area contributed by atoms with Crippen LogP contribution in [-0.2, 0) is 0 Å². The molecule has 0 saturated heterocycles. The summed E-state index contributed by atoms with van der Waals surface area (Å²) in [6.45, 7) is 8.07. The summed E-state index contributed by atoms with van der Waals surface area (Å²) < 4.78 is 0.